The number of amides is 2. The number of imide groups is 1. The number of hydrogen-bond donors (Lipinski definition) is 0. The molecule has 2 heterocycles. The molecular formula is C19H13NO6S. The molecule has 27 heavy (non-hydrogen) atoms. The summed E-state index contributed by atoms with van der Waals surface area (Å²) >= 11 is 1.36. The molecule has 1 fully saturated rings. The summed E-state index contributed by atoms with van der Waals surface area (Å²) in [5.41, 5.74) is 0.584. The number of cyclic esters (lactones) is 1. The third-order valence-corrected chi connectivity index (χ3v) is 5.44. The zero-order chi connectivity index (χ0) is 19.0. The molecule has 1 saturated heterocycles. The second kappa shape index (κ2) is 6.88. The van der Waals surface area contributed by atoms with Crippen LogP contribution < -0.4 is 0 Å². The Bertz CT molecular complexity index is 920. The summed E-state index contributed by atoms with van der Waals surface area (Å²) in [4.78, 5) is 54.1. The van der Waals surface area contributed by atoms with Gasteiger partial charge in [-0.1, -0.05) is 17.2 Å². The van der Waals surface area contributed by atoms with Gasteiger partial charge in [0.25, 0.3) is 11.8 Å². The van der Waals surface area contributed by atoms with Crippen LogP contribution in [0.2, 0.25) is 0 Å². The number of thioether (sulfide) groups is 1. The van der Waals surface area contributed by atoms with Crippen LogP contribution >= 0.6 is 11.8 Å². The molecule has 136 valence electrons. The van der Waals surface area contributed by atoms with Crippen molar-refractivity contribution < 1.29 is 28.8 Å². The Morgan fingerprint density at radius 3 is 2.19 bits per heavy atom. The molecule has 2 aliphatic heterocycles. The Morgan fingerprint density at radius 2 is 1.63 bits per heavy atom. The minimum absolute atomic E-state index is 0.185. The van der Waals surface area contributed by atoms with Gasteiger partial charge >= 0.3 is 11.9 Å². The normalized spacial score (nSPS) is 18.4. The summed E-state index contributed by atoms with van der Waals surface area (Å²) < 4.78 is 4.92. The molecular weight excluding hydrogens is 370 g/mol. The van der Waals surface area contributed by atoms with Crippen molar-refractivity contribution >= 4 is 35.5 Å². The van der Waals surface area contributed by atoms with Gasteiger partial charge in [0.15, 0.2) is 0 Å². The topological polar surface area (TPSA) is 90.0 Å². The summed E-state index contributed by atoms with van der Waals surface area (Å²) in [7, 11) is 0. The van der Waals surface area contributed by atoms with Crippen LogP contribution in [-0.4, -0.2) is 40.7 Å². The number of hydrogen-bond acceptors (Lipinski definition) is 7. The van der Waals surface area contributed by atoms with E-state index in [9.17, 15) is 19.2 Å². The Kier molecular flexibility index (Phi) is 4.41. The highest BCUT2D eigenvalue weighted by molar-refractivity contribution is 8.00. The molecule has 0 aliphatic carbocycles. The van der Waals surface area contributed by atoms with Gasteiger partial charge in [-0.3, -0.25) is 14.4 Å². The number of carbonyl (C=O) groups excluding carboxylic acids is 4. The van der Waals surface area contributed by atoms with Crippen molar-refractivity contribution in [2.45, 2.75) is 16.6 Å². The smallest absolute Gasteiger partial charge is 0.363 e. The molecule has 2 aromatic rings. The van der Waals surface area contributed by atoms with E-state index in [0.29, 0.717) is 18.1 Å². The van der Waals surface area contributed by atoms with Gasteiger partial charge in [-0.15, -0.1) is 11.8 Å². The van der Waals surface area contributed by atoms with Crippen molar-refractivity contribution in [3.05, 3.63) is 65.2 Å². The van der Waals surface area contributed by atoms with E-state index >= 15 is 0 Å². The predicted octanol–water partition coefficient (Wildman–Crippen LogP) is 2.46. The van der Waals surface area contributed by atoms with Crippen LogP contribution in [0.5, 0.6) is 0 Å². The third-order valence-electron chi connectivity index (χ3n) is 4.19. The Balaban J connectivity index is 1.44. The highest BCUT2D eigenvalue weighted by Crippen LogP contribution is 2.30. The van der Waals surface area contributed by atoms with Crippen molar-refractivity contribution in [1.82, 2.24) is 5.06 Å². The summed E-state index contributed by atoms with van der Waals surface area (Å²) in [6.07, 6.45) is 0.646. The lowest BCUT2D eigenvalue weighted by molar-refractivity contribution is -0.137. The maximum atomic E-state index is 12.3. The summed E-state index contributed by atoms with van der Waals surface area (Å²) in [6.45, 7) is 0.418. The van der Waals surface area contributed by atoms with E-state index in [2.05, 4.69) is 0 Å². The van der Waals surface area contributed by atoms with E-state index in [0.717, 1.165) is 4.90 Å². The van der Waals surface area contributed by atoms with Gasteiger partial charge in [0, 0.05) is 11.3 Å². The lowest BCUT2D eigenvalue weighted by atomic mass is 10.1. The van der Waals surface area contributed by atoms with E-state index in [-0.39, 0.29) is 27.9 Å². The average Bonchev–Trinajstić information content (AvgIpc) is 3.19. The minimum atomic E-state index is -0.818. The molecule has 2 aromatic carbocycles. The minimum Gasteiger partial charge on any atom is -0.465 e. The lowest BCUT2D eigenvalue weighted by Gasteiger charge is -2.13. The average molecular weight is 383 g/mol. The second-order valence-electron chi connectivity index (χ2n) is 5.92. The van der Waals surface area contributed by atoms with Crippen LogP contribution in [-0.2, 0) is 14.4 Å². The molecule has 0 saturated carbocycles. The number of fused-ring (bicyclic) bond motifs is 1. The molecule has 0 spiro atoms. The standard InChI is InChI=1S/C19H13NO6S/c21-16-13-3-1-2-4-14(13)17(22)20(16)26-18(23)11-5-7-12(8-6-11)27-15-9-10-25-19(15)24/h1-8,15H,9-10H2. The molecule has 2 aliphatic rings. The van der Waals surface area contributed by atoms with E-state index < -0.39 is 17.8 Å². The molecule has 1 atom stereocenters. The summed E-state index contributed by atoms with van der Waals surface area (Å²) in [5, 5.41) is 0.227. The first-order valence-corrected chi connectivity index (χ1v) is 9.06. The maximum absolute atomic E-state index is 12.3. The van der Waals surface area contributed by atoms with Gasteiger partial charge in [0.1, 0.15) is 5.25 Å². The first-order valence-electron chi connectivity index (χ1n) is 8.18. The maximum Gasteiger partial charge on any atom is 0.363 e. The molecule has 1 unspecified atom stereocenters. The molecule has 0 aromatic heterocycles. The van der Waals surface area contributed by atoms with Crippen LogP contribution in [0.25, 0.3) is 0 Å². The quantitative estimate of drug-likeness (QED) is 0.592. The highest BCUT2D eigenvalue weighted by Gasteiger charge is 2.38. The van der Waals surface area contributed by atoms with Crippen molar-refractivity contribution in [2.24, 2.45) is 0 Å². The monoisotopic (exact) mass is 383 g/mol. The summed E-state index contributed by atoms with van der Waals surface area (Å²) in [5.74, 6) is -2.40. The van der Waals surface area contributed by atoms with Crippen molar-refractivity contribution in [3.63, 3.8) is 0 Å². The fourth-order valence-corrected chi connectivity index (χ4v) is 3.80. The number of benzene rings is 2. The van der Waals surface area contributed by atoms with E-state index in [1.165, 1.54) is 36.0 Å². The van der Waals surface area contributed by atoms with Gasteiger partial charge < -0.3 is 9.57 Å². The fraction of sp³-hybridized carbons (Fsp3) is 0.158. The molecule has 8 heteroatoms. The zero-order valence-corrected chi connectivity index (χ0v) is 14.7. The van der Waals surface area contributed by atoms with E-state index in [1.54, 1.807) is 24.3 Å². The first-order chi connectivity index (χ1) is 13.0. The lowest BCUT2D eigenvalue weighted by Crippen LogP contribution is -2.32. The number of esters is 1. The van der Waals surface area contributed by atoms with Gasteiger partial charge in [-0.05, 0) is 36.4 Å². The van der Waals surface area contributed by atoms with Gasteiger partial charge in [0.05, 0.1) is 23.3 Å². The summed E-state index contributed by atoms with van der Waals surface area (Å²) in [6, 6.07) is 12.7. The number of ether oxygens (including phenoxy) is 1. The molecule has 2 amide bonds. The number of carbonyl (C=O) groups is 4. The number of nitrogens with zero attached hydrogens (tertiary/aromatic N) is 1. The second-order valence-corrected chi connectivity index (χ2v) is 7.19. The van der Waals surface area contributed by atoms with Gasteiger partial charge in [-0.25, -0.2) is 4.79 Å². The molecule has 0 bridgehead atoms. The van der Waals surface area contributed by atoms with Crippen LogP contribution in [0.15, 0.2) is 53.4 Å². The SMILES string of the molecule is O=C(ON1C(=O)c2ccccc2C1=O)c1ccc(SC2CCOC2=O)cc1. The number of rotatable bonds is 4. The van der Waals surface area contributed by atoms with Crippen LogP contribution in [0.1, 0.15) is 37.5 Å². The van der Waals surface area contributed by atoms with Gasteiger partial charge in [-0.2, -0.15) is 0 Å². The Hall–Kier alpha value is -3.13. The Morgan fingerprint density at radius 1 is 1.00 bits per heavy atom. The third kappa shape index (κ3) is 3.19. The van der Waals surface area contributed by atoms with E-state index in [1.807, 2.05) is 0 Å². The van der Waals surface area contributed by atoms with Crippen LogP contribution in [0, 0.1) is 0 Å². The van der Waals surface area contributed by atoms with Crippen LogP contribution in [0.4, 0.5) is 0 Å². The molecule has 7 nitrogen and oxygen atoms in total. The van der Waals surface area contributed by atoms with Crippen molar-refractivity contribution in [1.29, 1.82) is 0 Å². The molecule has 4 rings (SSSR count). The van der Waals surface area contributed by atoms with Crippen LogP contribution in [0.3, 0.4) is 0 Å². The van der Waals surface area contributed by atoms with Crippen molar-refractivity contribution in [2.75, 3.05) is 6.61 Å². The molecule has 0 N–H and O–H groups in total. The largest absolute Gasteiger partial charge is 0.465 e. The Labute approximate surface area is 158 Å². The molecule has 0 radical (unpaired) electrons. The number of hydroxylamine groups is 2. The van der Waals surface area contributed by atoms with Crippen molar-refractivity contribution in [3.8, 4) is 0 Å². The fourth-order valence-electron chi connectivity index (χ4n) is 2.80. The highest BCUT2D eigenvalue weighted by atomic mass is 32.2. The first kappa shape index (κ1) is 17.3. The van der Waals surface area contributed by atoms with E-state index in [4.69, 9.17) is 9.57 Å². The zero-order valence-electron chi connectivity index (χ0n) is 13.9. The predicted molar refractivity (Wildman–Crippen MR) is 94.0 cm³/mol. The van der Waals surface area contributed by atoms with Gasteiger partial charge in [0.2, 0.25) is 0 Å².